The summed E-state index contributed by atoms with van der Waals surface area (Å²) in [7, 11) is 0. The maximum atomic E-state index is 12.0. The molecule has 2 aliphatic rings. The molecule has 122 valence electrons. The molecule has 2 aliphatic heterocycles. The molecule has 0 radical (unpaired) electrons. The number of fused-ring (bicyclic) bond motifs is 1. The Labute approximate surface area is 136 Å². The Balaban J connectivity index is 1.42. The molecule has 2 fully saturated rings. The Morgan fingerprint density at radius 3 is 3.05 bits per heavy atom. The number of aromatic nitrogens is 1. The predicted molar refractivity (Wildman–Crippen MR) is 84.8 cm³/mol. The molecule has 1 aromatic rings. The quantitative estimate of drug-likeness (QED) is 0.904. The molecule has 1 N–H and O–H groups in total. The van der Waals surface area contributed by atoms with Gasteiger partial charge in [-0.2, -0.15) is 0 Å². The van der Waals surface area contributed by atoms with Gasteiger partial charge in [0.2, 0.25) is 5.91 Å². The Kier molecular flexibility index (Phi) is 5.37. The number of carbonyl (C=O) groups is 1. The first-order chi connectivity index (χ1) is 10.7. The molecule has 0 saturated carbocycles. The number of carbonyl (C=O) groups excluding carboxylic acids is 1. The van der Waals surface area contributed by atoms with E-state index in [9.17, 15) is 4.79 Å². The zero-order valence-electron chi connectivity index (χ0n) is 12.9. The van der Waals surface area contributed by atoms with Gasteiger partial charge in [-0.3, -0.25) is 4.79 Å². The molecule has 0 unspecified atom stereocenters. The number of hydrogen-bond donors (Lipinski definition) is 1. The highest BCUT2D eigenvalue weighted by atomic mass is 35.5. The van der Waals surface area contributed by atoms with E-state index in [0.717, 1.165) is 6.54 Å². The molecule has 2 atom stereocenters. The molecule has 0 bridgehead atoms. The lowest BCUT2D eigenvalue weighted by molar-refractivity contribution is -0.121. The first-order valence-corrected chi connectivity index (χ1v) is 8.72. The van der Waals surface area contributed by atoms with E-state index in [4.69, 9.17) is 16.1 Å². The molecule has 5 nitrogen and oxygen atoms in total. The normalized spacial score (nSPS) is 25.7. The third kappa shape index (κ3) is 4.02. The lowest BCUT2D eigenvalue weighted by Crippen LogP contribution is -2.51. The number of halogens is 1. The van der Waals surface area contributed by atoms with Crippen LogP contribution in [-0.4, -0.2) is 41.6 Å². The topological polar surface area (TPSA) is 58.4 Å². The van der Waals surface area contributed by atoms with Crippen LogP contribution in [-0.2, 0) is 11.2 Å². The van der Waals surface area contributed by atoms with Crippen molar-refractivity contribution in [2.24, 2.45) is 5.92 Å². The van der Waals surface area contributed by atoms with Crippen LogP contribution in [0.25, 0.3) is 0 Å². The van der Waals surface area contributed by atoms with Crippen molar-refractivity contribution < 1.29 is 9.32 Å². The highest BCUT2D eigenvalue weighted by molar-refractivity contribution is 6.29. The summed E-state index contributed by atoms with van der Waals surface area (Å²) in [5, 5.41) is 7.06. The van der Waals surface area contributed by atoms with Crippen LogP contribution in [0.2, 0.25) is 5.15 Å². The van der Waals surface area contributed by atoms with Gasteiger partial charge in [0.1, 0.15) is 5.76 Å². The maximum absolute atomic E-state index is 12.0. The number of piperidine rings is 2. The molecular weight excluding hydrogens is 302 g/mol. The van der Waals surface area contributed by atoms with E-state index in [2.05, 4.69) is 15.4 Å². The second kappa shape index (κ2) is 7.47. The van der Waals surface area contributed by atoms with Gasteiger partial charge in [0.15, 0.2) is 5.15 Å². The summed E-state index contributed by atoms with van der Waals surface area (Å²) in [6, 6.07) is 2.34. The number of hydrogen-bond acceptors (Lipinski definition) is 4. The summed E-state index contributed by atoms with van der Waals surface area (Å²) in [6.45, 7) is 3.28. The van der Waals surface area contributed by atoms with Crippen LogP contribution in [0.15, 0.2) is 10.6 Å². The third-order valence-electron chi connectivity index (χ3n) is 4.92. The Morgan fingerprint density at radius 1 is 1.36 bits per heavy atom. The molecule has 1 aromatic heterocycles. The van der Waals surface area contributed by atoms with Gasteiger partial charge in [0, 0.05) is 31.5 Å². The van der Waals surface area contributed by atoms with E-state index in [0.29, 0.717) is 35.7 Å². The van der Waals surface area contributed by atoms with Crippen molar-refractivity contribution in [1.82, 2.24) is 15.4 Å². The van der Waals surface area contributed by atoms with E-state index in [-0.39, 0.29) is 5.91 Å². The largest absolute Gasteiger partial charge is 0.360 e. The highest BCUT2D eigenvalue weighted by Gasteiger charge is 2.32. The first-order valence-electron chi connectivity index (χ1n) is 8.34. The number of nitrogens with zero attached hydrogens (tertiary/aromatic N) is 2. The summed E-state index contributed by atoms with van der Waals surface area (Å²) >= 11 is 5.69. The summed E-state index contributed by atoms with van der Waals surface area (Å²) in [5.74, 6) is 1.36. The number of amides is 1. The molecule has 2 saturated heterocycles. The first kappa shape index (κ1) is 15.8. The minimum absolute atomic E-state index is 0.0838. The fraction of sp³-hybridized carbons (Fsp3) is 0.750. The van der Waals surface area contributed by atoms with Crippen LogP contribution >= 0.6 is 11.6 Å². The van der Waals surface area contributed by atoms with E-state index >= 15 is 0 Å². The van der Waals surface area contributed by atoms with Gasteiger partial charge in [-0.1, -0.05) is 23.2 Å². The molecule has 0 aromatic carbocycles. The van der Waals surface area contributed by atoms with Crippen LogP contribution < -0.4 is 5.32 Å². The van der Waals surface area contributed by atoms with Crippen molar-refractivity contribution in [3.63, 3.8) is 0 Å². The Hall–Kier alpha value is -1.07. The lowest BCUT2D eigenvalue weighted by Gasteiger charge is -2.44. The van der Waals surface area contributed by atoms with Crippen molar-refractivity contribution in [2.75, 3.05) is 19.6 Å². The molecule has 22 heavy (non-hydrogen) atoms. The van der Waals surface area contributed by atoms with Crippen LogP contribution in [0.4, 0.5) is 0 Å². The second-order valence-electron chi connectivity index (χ2n) is 6.42. The number of nitrogens with one attached hydrogen (secondary N) is 1. The number of rotatable bonds is 5. The minimum atomic E-state index is 0.0838. The van der Waals surface area contributed by atoms with Crippen molar-refractivity contribution in [2.45, 2.75) is 51.0 Å². The van der Waals surface area contributed by atoms with Crippen LogP contribution in [0, 0.1) is 5.92 Å². The second-order valence-corrected chi connectivity index (χ2v) is 6.81. The fourth-order valence-corrected chi connectivity index (χ4v) is 3.95. The number of aryl methyl sites for hydroxylation is 1. The van der Waals surface area contributed by atoms with Gasteiger partial charge >= 0.3 is 0 Å². The van der Waals surface area contributed by atoms with E-state index in [1.807, 2.05) is 0 Å². The fourth-order valence-electron chi connectivity index (χ4n) is 3.79. The van der Waals surface area contributed by atoms with Gasteiger partial charge < -0.3 is 14.7 Å². The van der Waals surface area contributed by atoms with Gasteiger partial charge in [0.05, 0.1) is 0 Å². The minimum Gasteiger partial charge on any atom is -0.360 e. The van der Waals surface area contributed by atoms with E-state index in [1.165, 1.54) is 45.2 Å². The summed E-state index contributed by atoms with van der Waals surface area (Å²) in [5.41, 5.74) is 0. The SMILES string of the molecule is O=C(CCc1cc(Cl)no1)NC[C@@H]1CCCN2CCCC[C@H]12. The molecule has 3 heterocycles. The van der Waals surface area contributed by atoms with Crippen molar-refractivity contribution in [3.05, 3.63) is 17.0 Å². The van der Waals surface area contributed by atoms with Gasteiger partial charge in [0.25, 0.3) is 0 Å². The van der Waals surface area contributed by atoms with Crippen LogP contribution in [0.5, 0.6) is 0 Å². The molecular formula is C16H24ClN3O2. The lowest BCUT2D eigenvalue weighted by atomic mass is 9.83. The van der Waals surface area contributed by atoms with Crippen LogP contribution in [0.3, 0.4) is 0 Å². The van der Waals surface area contributed by atoms with E-state index < -0.39 is 0 Å². The monoisotopic (exact) mass is 325 g/mol. The molecule has 6 heteroatoms. The third-order valence-corrected chi connectivity index (χ3v) is 5.10. The van der Waals surface area contributed by atoms with Gasteiger partial charge in [-0.15, -0.1) is 0 Å². The van der Waals surface area contributed by atoms with Gasteiger partial charge in [-0.05, 0) is 44.7 Å². The summed E-state index contributed by atoms with van der Waals surface area (Å²) in [6.07, 6.45) is 7.41. The van der Waals surface area contributed by atoms with Crippen LogP contribution in [0.1, 0.15) is 44.3 Å². The van der Waals surface area contributed by atoms with E-state index in [1.54, 1.807) is 6.07 Å². The van der Waals surface area contributed by atoms with Gasteiger partial charge in [-0.25, -0.2) is 0 Å². The Morgan fingerprint density at radius 2 is 2.23 bits per heavy atom. The summed E-state index contributed by atoms with van der Waals surface area (Å²) < 4.78 is 5.01. The average molecular weight is 326 g/mol. The smallest absolute Gasteiger partial charge is 0.220 e. The molecule has 0 spiro atoms. The summed E-state index contributed by atoms with van der Waals surface area (Å²) in [4.78, 5) is 14.6. The molecule has 1 amide bonds. The predicted octanol–water partition coefficient (Wildman–Crippen LogP) is 2.64. The highest BCUT2D eigenvalue weighted by Crippen LogP contribution is 2.30. The molecule has 0 aliphatic carbocycles. The van der Waals surface area contributed by atoms with Crippen molar-refractivity contribution >= 4 is 17.5 Å². The average Bonchev–Trinajstić information content (AvgIpc) is 2.96. The maximum Gasteiger partial charge on any atom is 0.220 e. The molecule has 3 rings (SSSR count). The van der Waals surface area contributed by atoms with Crippen molar-refractivity contribution in [1.29, 1.82) is 0 Å². The zero-order chi connectivity index (χ0) is 15.4. The Bertz CT molecular complexity index is 503. The van der Waals surface area contributed by atoms with Crippen molar-refractivity contribution in [3.8, 4) is 0 Å². The standard InChI is InChI=1S/C16H24ClN3O2/c17-15-10-13(22-19-15)6-7-16(21)18-11-12-4-3-9-20-8-2-1-5-14(12)20/h10,12,14H,1-9,11H2,(H,18,21)/t12-,14+/m0/s1. The zero-order valence-corrected chi connectivity index (χ0v) is 13.6.